The van der Waals surface area contributed by atoms with Crippen molar-refractivity contribution in [3.05, 3.63) is 28.5 Å². The largest absolute Gasteiger partial charge is 0.481 e. The Morgan fingerprint density at radius 3 is 2.85 bits per heavy atom. The summed E-state index contributed by atoms with van der Waals surface area (Å²) in [5, 5.41) is 8.71. The van der Waals surface area contributed by atoms with Gasteiger partial charge in [0.05, 0.1) is 5.92 Å². The molecule has 1 aromatic heterocycles. The molecule has 0 aliphatic heterocycles. The molecule has 4 heteroatoms. The van der Waals surface area contributed by atoms with Gasteiger partial charge in [-0.05, 0) is 39.9 Å². The summed E-state index contributed by atoms with van der Waals surface area (Å²) < 4.78 is 0.781. The molecule has 2 atom stereocenters. The number of aliphatic carboxylic acids is 1. The number of nitrogens with zero attached hydrogens (tertiary/aromatic N) is 1. The van der Waals surface area contributed by atoms with Crippen molar-refractivity contribution in [2.45, 2.75) is 12.3 Å². The monoisotopic (exact) mass is 241 g/mol. The minimum absolute atomic E-state index is 0.179. The normalized spacial score (nSPS) is 25.6. The van der Waals surface area contributed by atoms with Crippen LogP contribution in [0.25, 0.3) is 0 Å². The Balaban J connectivity index is 2.12. The molecule has 0 aromatic carbocycles. The van der Waals surface area contributed by atoms with Gasteiger partial charge >= 0.3 is 5.97 Å². The summed E-state index contributed by atoms with van der Waals surface area (Å²) in [6.07, 6.45) is 2.48. The Hall–Kier alpha value is -0.900. The van der Waals surface area contributed by atoms with Crippen molar-refractivity contribution in [1.29, 1.82) is 0 Å². The average Bonchev–Trinajstić information content (AvgIpc) is 2.85. The van der Waals surface area contributed by atoms with Crippen molar-refractivity contribution < 1.29 is 9.90 Å². The van der Waals surface area contributed by atoms with Crippen molar-refractivity contribution in [3.63, 3.8) is 0 Å². The number of carboxylic acid groups (broad SMARTS) is 1. The molecule has 1 fully saturated rings. The van der Waals surface area contributed by atoms with E-state index in [1.807, 2.05) is 12.1 Å². The van der Waals surface area contributed by atoms with E-state index in [-0.39, 0.29) is 11.8 Å². The van der Waals surface area contributed by atoms with Crippen LogP contribution in [-0.4, -0.2) is 16.1 Å². The molecule has 0 radical (unpaired) electrons. The van der Waals surface area contributed by atoms with Crippen LogP contribution in [0.4, 0.5) is 0 Å². The maximum absolute atomic E-state index is 10.6. The molecule has 0 spiro atoms. The van der Waals surface area contributed by atoms with Gasteiger partial charge in [-0.15, -0.1) is 0 Å². The Bertz CT molecular complexity index is 336. The highest BCUT2D eigenvalue weighted by Gasteiger charge is 2.44. The molecule has 2 unspecified atom stereocenters. The lowest BCUT2D eigenvalue weighted by Gasteiger charge is -1.96. The number of carboxylic acids is 1. The maximum Gasteiger partial charge on any atom is 0.307 e. The molecule has 1 N–H and O–H groups in total. The molecule has 1 aliphatic rings. The van der Waals surface area contributed by atoms with E-state index in [2.05, 4.69) is 20.9 Å². The fourth-order valence-electron chi connectivity index (χ4n) is 1.44. The molecule has 68 valence electrons. The summed E-state index contributed by atoms with van der Waals surface area (Å²) in [6, 6.07) is 3.76. The number of carbonyl (C=O) groups is 1. The van der Waals surface area contributed by atoms with Crippen molar-refractivity contribution in [2.24, 2.45) is 5.92 Å². The van der Waals surface area contributed by atoms with Crippen molar-refractivity contribution in [3.8, 4) is 0 Å². The standard InChI is InChI=1S/C9H8BrNO2/c10-8-2-1-5(4-11-8)6-3-7(6)9(12)13/h1-2,4,6-7H,3H2,(H,12,13). The van der Waals surface area contributed by atoms with E-state index in [4.69, 9.17) is 5.11 Å². The average molecular weight is 242 g/mol. The molecular formula is C9H8BrNO2. The molecule has 1 heterocycles. The maximum atomic E-state index is 10.6. The molecule has 13 heavy (non-hydrogen) atoms. The van der Waals surface area contributed by atoms with Crippen LogP contribution >= 0.6 is 15.9 Å². The minimum atomic E-state index is -0.701. The highest BCUT2D eigenvalue weighted by atomic mass is 79.9. The van der Waals surface area contributed by atoms with E-state index in [0.717, 1.165) is 16.6 Å². The third kappa shape index (κ3) is 1.72. The minimum Gasteiger partial charge on any atom is -0.481 e. The predicted octanol–water partition coefficient (Wildman–Crippen LogP) is 2.03. The summed E-state index contributed by atoms with van der Waals surface area (Å²) in [5.74, 6) is -0.714. The Kier molecular flexibility index (Phi) is 2.07. The predicted molar refractivity (Wildman–Crippen MR) is 50.4 cm³/mol. The van der Waals surface area contributed by atoms with Crippen molar-refractivity contribution >= 4 is 21.9 Å². The second-order valence-corrected chi connectivity index (χ2v) is 4.01. The molecule has 2 rings (SSSR count). The molecule has 1 saturated carbocycles. The smallest absolute Gasteiger partial charge is 0.307 e. The number of pyridine rings is 1. The number of aromatic nitrogens is 1. The lowest BCUT2D eigenvalue weighted by Crippen LogP contribution is -1.98. The summed E-state index contributed by atoms with van der Waals surface area (Å²) in [5.41, 5.74) is 1.02. The van der Waals surface area contributed by atoms with Crippen LogP contribution < -0.4 is 0 Å². The first-order valence-electron chi connectivity index (χ1n) is 4.03. The quantitative estimate of drug-likeness (QED) is 0.807. The van der Waals surface area contributed by atoms with Crippen molar-refractivity contribution in [2.75, 3.05) is 0 Å². The first kappa shape index (κ1) is 8.69. The Morgan fingerprint density at radius 1 is 1.62 bits per heavy atom. The molecular weight excluding hydrogens is 234 g/mol. The lowest BCUT2D eigenvalue weighted by atomic mass is 10.1. The summed E-state index contributed by atoms with van der Waals surface area (Å²) in [7, 11) is 0. The van der Waals surface area contributed by atoms with E-state index < -0.39 is 5.97 Å². The summed E-state index contributed by atoms with van der Waals surface area (Å²) in [4.78, 5) is 14.6. The van der Waals surface area contributed by atoms with Crippen LogP contribution in [0.2, 0.25) is 0 Å². The van der Waals surface area contributed by atoms with Gasteiger partial charge < -0.3 is 5.11 Å². The zero-order chi connectivity index (χ0) is 9.42. The zero-order valence-electron chi connectivity index (χ0n) is 6.77. The lowest BCUT2D eigenvalue weighted by molar-refractivity contribution is -0.138. The van der Waals surface area contributed by atoms with Crippen molar-refractivity contribution in [1.82, 2.24) is 4.98 Å². The first-order valence-corrected chi connectivity index (χ1v) is 4.82. The fraction of sp³-hybridized carbons (Fsp3) is 0.333. The van der Waals surface area contributed by atoms with E-state index in [1.54, 1.807) is 6.20 Å². The van der Waals surface area contributed by atoms with Crippen LogP contribution in [0.5, 0.6) is 0 Å². The summed E-state index contributed by atoms with van der Waals surface area (Å²) >= 11 is 3.23. The van der Waals surface area contributed by atoms with E-state index >= 15 is 0 Å². The van der Waals surface area contributed by atoms with Crippen LogP contribution in [0.3, 0.4) is 0 Å². The fourth-order valence-corrected chi connectivity index (χ4v) is 1.68. The van der Waals surface area contributed by atoms with Gasteiger partial charge in [0.2, 0.25) is 0 Å². The van der Waals surface area contributed by atoms with E-state index in [1.165, 1.54) is 0 Å². The zero-order valence-corrected chi connectivity index (χ0v) is 8.36. The molecule has 1 aliphatic carbocycles. The van der Waals surface area contributed by atoms with Gasteiger partial charge in [-0.1, -0.05) is 6.07 Å². The number of hydrogen-bond acceptors (Lipinski definition) is 2. The SMILES string of the molecule is O=C(O)C1CC1c1ccc(Br)nc1. The third-order valence-electron chi connectivity index (χ3n) is 2.29. The third-order valence-corrected chi connectivity index (χ3v) is 2.76. The van der Waals surface area contributed by atoms with Crippen LogP contribution in [0.1, 0.15) is 17.9 Å². The van der Waals surface area contributed by atoms with Crippen LogP contribution in [-0.2, 0) is 4.79 Å². The topological polar surface area (TPSA) is 50.2 Å². The molecule has 3 nitrogen and oxygen atoms in total. The van der Waals surface area contributed by atoms with Gasteiger partial charge in [-0.3, -0.25) is 4.79 Å². The molecule has 1 aromatic rings. The van der Waals surface area contributed by atoms with Gasteiger partial charge in [0.15, 0.2) is 0 Å². The number of halogens is 1. The molecule has 0 bridgehead atoms. The second-order valence-electron chi connectivity index (χ2n) is 3.20. The van der Waals surface area contributed by atoms with Gasteiger partial charge in [0.1, 0.15) is 4.60 Å². The van der Waals surface area contributed by atoms with Gasteiger partial charge in [0, 0.05) is 6.20 Å². The second kappa shape index (κ2) is 3.10. The van der Waals surface area contributed by atoms with Gasteiger partial charge in [-0.25, -0.2) is 4.98 Å². The van der Waals surface area contributed by atoms with Crippen LogP contribution in [0, 0.1) is 5.92 Å². The highest BCUT2D eigenvalue weighted by Crippen LogP contribution is 2.47. The van der Waals surface area contributed by atoms with E-state index in [9.17, 15) is 4.79 Å². The highest BCUT2D eigenvalue weighted by molar-refractivity contribution is 9.10. The van der Waals surface area contributed by atoms with Crippen LogP contribution in [0.15, 0.2) is 22.9 Å². The molecule has 0 saturated heterocycles. The first-order chi connectivity index (χ1) is 6.18. The Labute approximate surface area is 83.9 Å². The van der Waals surface area contributed by atoms with E-state index in [0.29, 0.717) is 0 Å². The molecule has 0 amide bonds. The number of hydrogen-bond donors (Lipinski definition) is 1. The Morgan fingerprint density at radius 2 is 2.38 bits per heavy atom. The van der Waals surface area contributed by atoms with Gasteiger partial charge in [0.25, 0.3) is 0 Å². The summed E-state index contributed by atoms with van der Waals surface area (Å²) in [6.45, 7) is 0. The van der Waals surface area contributed by atoms with Gasteiger partial charge in [-0.2, -0.15) is 0 Å². The number of rotatable bonds is 2.